The van der Waals surface area contributed by atoms with E-state index in [1.165, 1.54) is 0 Å². The summed E-state index contributed by atoms with van der Waals surface area (Å²) in [6.07, 6.45) is 2.82. The lowest BCUT2D eigenvalue weighted by Gasteiger charge is -2.42. The van der Waals surface area contributed by atoms with E-state index in [0.29, 0.717) is 12.8 Å². The number of Topliss-reactive ketones (excluding diaryl/α,β-unsaturated/α-hetero) is 1. The Bertz CT molecular complexity index is 611. The van der Waals surface area contributed by atoms with Crippen LogP contribution in [0.5, 0.6) is 0 Å². The van der Waals surface area contributed by atoms with Crippen molar-refractivity contribution in [3.63, 3.8) is 0 Å². The van der Waals surface area contributed by atoms with Crippen molar-refractivity contribution in [1.82, 2.24) is 10.2 Å². The molecule has 0 bridgehead atoms. The number of hydrogen-bond donors (Lipinski definition) is 1. The number of rotatable bonds is 8. The molecule has 2 rings (SSSR count). The molecule has 1 saturated heterocycles. The molecule has 1 aromatic carbocycles. The van der Waals surface area contributed by atoms with Gasteiger partial charge in [-0.2, -0.15) is 0 Å². The van der Waals surface area contributed by atoms with Crippen LogP contribution < -0.4 is 5.32 Å². The van der Waals surface area contributed by atoms with Gasteiger partial charge < -0.3 is 10.2 Å². The van der Waals surface area contributed by atoms with Gasteiger partial charge >= 0.3 is 0 Å². The van der Waals surface area contributed by atoms with Crippen molar-refractivity contribution in [3.8, 4) is 0 Å². The normalized spacial score (nSPS) is 20.7. The lowest BCUT2D eigenvalue weighted by Crippen LogP contribution is -2.67. The second-order valence-electron chi connectivity index (χ2n) is 6.54. The molecule has 136 valence electrons. The van der Waals surface area contributed by atoms with Crippen molar-refractivity contribution >= 4 is 17.6 Å². The van der Waals surface area contributed by atoms with Crippen LogP contribution in [0.4, 0.5) is 0 Å². The van der Waals surface area contributed by atoms with Gasteiger partial charge in [0.15, 0.2) is 11.8 Å². The molecule has 1 aliphatic rings. The third-order valence-electron chi connectivity index (χ3n) is 4.95. The quantitative estimate of drug-likeness (QED) is 0.737. The molecule has 0 saturated carbocycles. The van der Waals surface area contributed by atoms with Gasteiger partial charge in [-0.1, -0.05) is 51.1 Å². The largest absolute Gasteiger partial charge is 0.342 e. The average Bonchev–Trinajstić information content (AvgIpc) is 2.64. The van der Waals surface area contributed by atoms with Crippen molar-refractivity contribution < 1.29 is 14.4 Å². The van der Waals surface area contributed by atoms with Gasteiger partial charge in [0.05, 0.1) is 0 Å². The Balaban J connectivity index is 2.19. The number of piperazine rings is 1. The summed E-state index contributed by atoms with van der Waals surface area (Å²) in [5, 5.41) is 2.73. The van der Waals surface area contributed by atoms with Gasteiger partial charge in [-0.15, -0.1) is 0 Å². The Kier molecular flexibility index (Phi) is 6.73. The summed E-state index contributed by atoms with van der Waals surface area (Å²) >= 11 is 0. The third kappa shape index (κ3) is 4.27. The maximum absolute atomic E-state index is 12.8. The van der Waals surface area contributed by atoms with E-state index in [-0.39, 0.29) is 30.1 Å². The number of aryl methyl sites for hydroxylation is 1. The highest BCUT2D eigenvalue weighted by Crippen LogP contribution is 2.21. The monoisotopic (exact) mass is 344 g/mol. The lowest BCUT2D eigenvalue weighted by molar-refractivity contribution is -0.156. The van der Waals surface area contributed by atoms with E-state index in [1.807, 2.05) is 51.1 Å². The Hall–Kier alpha value is -2.17. The van der Waals surface area contributed by atoms with Crippen molar-refractivity contribution in [2.45, 2.75) is 71.0 Å². The standard InChI is InChI=1S/C20H28N2O3/c1-4-15(5-2)22-18(19(24)21-16(6-3)20(22)25)17(23)13-12-14-10-8-7-9-11-14/h7-11,15-16,18H,4-6,12-13H2,1-3H3,(H,21,24)/t16-,18?/m0/s1. The van der Waals surface area contributed by atoms with E-state index < -0.39 is 12.1 Å². The SMILES string of the molecule is CCC(CC)N1C(=O)[C@H](CC)NC(=O)C1C(=O)CCc1ccccc1. The number of amides is 2. The first kappa shape index (κ1) is 19.2. The first-order chi connectivity index (χ1) is 12.0. The van der Waals surface area contributed by atoms with Crippen LogP contribution in [0.25, 0.3) is 0 Å². The van der Waals surface area contributed by atoms with Crippen LogP contribution in [0, 0.1) is 0 Å². The highest BCUT2D eigenvalue weighted by molar-refractivity contribution is 6.11. The number of nitrogens with zero attached hydrogens (tertiary/aromatic N) is 1. The molecule has 0 aromatic heterocycles. The predicted molar refractivity (Wildman–Crippen MR) is 97.0 cm³/mol. The maximum Gasteiger partial charge on any atom is 0.251 e. The second kappa shape index (κ2) is 8.79. The fraction of sp³-hybridized carbons (Fsp3) is 0.550. The van der Waals surface area contributed by atoms with E-state index in [4.69, 9.17) is 0 Å². The van der Waals surface area contributed by atoms with Gasteiger partial charge in [0, 0.05) is 12.5 Å². The molecule has 0 aliphatic carbocycles. The van der Waals surface area contributed by atoms with Gasteiger partial charge in [0.25, 0.3) is 5.91 Å². The molecular weight excluding hydrogens is 316 g/mol. The number of nitrogens with one attached hydrogen (secondary N) is 1. The minimum absolute atomic E-state index is 0.0849. The number of ketones is 1. The fourth-order valence-electron chi connectivity index (χ4n) is 3.45. The van der Waals surface area contributed by atoms with Crippen LogP contribution in [-0.2, 0) is 20.8 Å². The zero-order valence-corrected chi connectivity index (χ0v) is 15.3. The van der Waals surface area contributed by atoms with Crippen molar-refractivity contribution in [2.24, 2.45) is 0 Å². The van der Waals surface area contributed by atoms with E-state index in [0.717, 1.165) is 18.4 Å². The number of carbonyl (C=O) groups is 3. The molecule has 2 amide bonds. The Labute approximate surface area is 149 Å². The van der Waals surface area contributed by atoms with Crippen LogP contribution >= 0.6 is 0 Å². The van der Waals surface area contributed by atoms with E-state index in [9.17, 15) is 14.4 Å². The second-order valence-corrected chi connectivity index (χ2v) is 6.54. The van der Waals surface area contributed by atoms with Crippen molar-refractivity contribution in [1.29, 1.82) is 0 Å². The van der Waals surface area contributed by atoms with Crippen LogP contribution in [0.2, 0.25) is 0 Å². The molecule has 1 unspecified atom stereocenters. The molecule has 5 heteroatoms. The summed E-state index contributed by atoms with van der Waals surface area (Å²) in [7, 11) is 0. The number of carbonyl (C=O) groups excluding carboxylic acids is 3. The molecule has 1 aromatic rings. The summed E-state index contributed by atoms with van der Waals surface area (Å²) in [5.41, 5.74) is 1.05. The summed E-state index contributed by atoms with van der Waals surface area (Å²) in [6, 6.07) is 8.11. The summed E-state index contributed by atoms with van der Waals surface area (Å²) in [5.74, 6) is -0.651. The predicted octanol–water partition coefficient (Wildman–Crippen LogP) is 2.48. The summed E-state index contributed by atoms with van der Waals surface area (Å²) < 4.78 is 0. The van der Waals surface area contributed by atoms with Gasteiger partial charge in [-0.05, 0) is 31.2 Å². The summed E-state index contributed by atoms with van der Waals surface area (Å²) in [6.45, 7) is 5.84. The molecule has 25 heavy (non-hydrogen) atoms. The number of hydrogen-bond acceptors (Lipinski definition) is 3. The fourth-order valence-corrected chi connectivity index (χ4v) is 3.45. The third-order valence-corrected chi connectivity index (χ3v) is 4.95. The van der Waals surface area contributed by atoms with Gasteiger partial charge in [0.1, 0.15) is 6.04 Å². The Morgan fingerprint density at radius 1 is 1.12 bits per heavy atom. The first-order valence-electron chi connectivity index (χ1n) is 9.22. The van der Waals surface area contributed by atoms with Gasteiger partial charge in [-0.3, -0.25) is 14.4 Å². The van der Waals surface area contributed by atoms with E-state index in [2.05, 4.69) is 5.32 Å². The molecule has 1 fully saturated rings. The first-order valence-corrected chi connectivity index (χ1v) is 9.22. The Morgan fingerprint density at radius 3 is 2.32 bits per heavy atom. The smallest absolute Gasteiger partial charge is 0.251 e. The molecule has 1 N–H and O–H groups in total. The maximum atomic E-state index is 12.8. The topological polar surface area (TPSA) is 66.5 Å². The Morgan fingerprint density at radius 2 is 1.76 bits per heavy atom. The van der Waals surface area contributed by atoms with Crippen molar-refractivity contribution in [3.05, 3.63) is 35.9 Å². The van der Waals surface area contributed by atoms with E-state index >= 15 is 0 Å². The average molecular weight is 344 g/mol. The molecule has 2 atom stereocenters. The van der Waals surface area contributed by atoms with Crippen molar-refractivity contribution in [2.75, 3.05) is 0 Å². The van der Waals surface area contributed by atoms with Gasteiger partial charge in [-0.25, -0.2) is 0 Å². The highest BCUT2D eigenvalue weighted by Gasteiger charge is 2.45. The van der Waals surface area contributed by atoms with E-state index in [1.54, 1.807) is 4.90 Å². The molecule has 1 heterocycles. The molecule has 0 spiro atoms. The molecule has 1 aliphatic heterocycles. The lowest BCUT2D eigenvalue weighted by atomic mass is 9.94. The number of benzene rings is 1. The van der Waals surface area contributed by atoms with Crippen LogP contribution in [0.3, 0.4) is 0 Å². The molecule has 5 nitrogen and oxygen atoms in total. The highest BCUT2D eigenvalue weighted by atomic mass is 16.2. The van der Waals surface area contributed by atoms with Crippen LogP contribution in [0.15, 0.2) is 30.3 Å². The molecular formula is C20H28N2O3. The zero-order valence-electron chi connectivity index (χ0n) is 15.3. The minimum atomic E-state index is -0.996. The van der Waals surface area contributed by atoms with Gasteiger partial charge in [0.2, 0.25) is 5.91 Å². The summed E-state index contributed by atoms with van der Waals surface area (Å²) in [4.78, 5) is 39.8. The molecule has 0 radical (unpaired) electrons. The zero-order chi connectivity index (χ0) is 18.4. The van der Waals surface area contributed by atoms with Crippen LogP contribution in [-0.4, -0.2) is 40.6 Å². The van der Waals surface area contributed by atoms with Crippen LogP contribution in [0.1, 0.15) is 52.0 Å². The minimum Gasteiger partial charge on any atom is -0.342 e.